The highest BCUT2D eigenvalue weighted by Gasteiger charge is 2.28. The van der Waals surface area contributed by atoms with Crippen LogP contribution in [0.4, 0.5) is 10.1 Å². The summed E-state index contributed by atoms with van der Waals surface area (Å²) in [6.45, 7) is 3.36. The molecule has 1 aliphatic heterocycles. The first kappa shape index (κ1) is 14.3. The molecule has 1 fully saturated rings. The molecule has 0 bridgehead atoms. The molecule has 1 amide bonds. The second-order valence-electron chi connectivity index (χ2n) is 5.06. The van der Waals surface area contributed by atoms with Gasteiger partial charge in [0.25, 0.3) is 0 Å². The van der Waals surface area contributed by atoms with E-state index < -0.39 is 0 Å². The van der Waals surface area contributed by atoms with Gasteiger partial charge < -0.3 is 10.6 Å². The van der Waals surface area contributed by atoms with Crippen LogP contribution < -0.4 is 10.6 Å². The maximum absolute atomic E-state index is 12.7. The molecule has 0 spiro atoms. The van der Waals surface area contributed by atoms with Crippen LogP contribution >= 0.6 is 11.8 Å². The summed E-state index contributed by atoms with van der Waals surface area (Å²) in [5.74, 6) is 0.806. The predicted molar refractivity (Wildman–Crippen MR) is 78.0 cm³/mol. The van der Waals surface area contributed by atoms with E-state index in [4.69, 9.17) is 0 Å². The molecule has 19 heavy (non-hydrogen) atoms. The Morgan fingerprint density at radius 3 is 2.79 bits per heavy atom. The van der Waals surface area contributed by atoms with Gasteiger partial charge in [-0.15, -0.1) is 0 Å². The highest BCUT2D eigenvalue weighted by molar-refractivity contribution is 8.00. The Balaban J connectivity index is 1.71. The topological polar surface area (TPSA) is 41.1 Å². The number of carbonyl (C=O) groups excluding carboxylic acids is 1. The fraction of sp³-hybridized carbons (Fsp3) is 0.500. The minimum atomic E-state index is -0.303. The van der Waals surface area contributed by atoms with Crippen LogP contribution in [0, 0.1) is 5.82 Å². The molecular formula is C14H19FN2OS. The zero-order valence-electron chi connectivity index (χ0n) is 11.0. The van der Waals surface area contributed by atoms with Crippen molar-refractivity contribution in [3.63, 3.8) is 0 Å². The molecule has 0 saturated carbocycles. The van der Waals surface area contributed by atoms with E-state index in [1.165, 1.54) is 30.7 Å². The maximum Gasteiger partial charge on any atom is 0.238 e. The number of carbonyl (C=O) groups is 1. The van der Waals surface area contributed by atoms with Gasteiger partial charge in [0.05, 0.1) is 6.54 Å². The molecule has 2 rings (SSSR count). The highest BCUT2D eigenvalue weighted by Crippen LogP contribution is 2.36. The van der Waals surface area contributed by atoms with Gasteiger partial charge in [0.2, 0.25) is 5.91 Å². The van der Waals surface area contributed by atoms with E-state index in [1.54, 1.807) is 12.1 Å². The summed E-state index contributed by atoms with van der Waals surface area (Å²) in [4.78, 5) is 11.7. The number of thioether (sulfide) groups is 1. The van der Waals surface area contributed by atoms with Gasteiger partial charge in [0.15, 0.2) is 0 Å². The van der Waals surface area contributed by atoms with Gasteiger partial charge in [-0.3, -0.25) is 4.79 Å². The highest BCUT2D eigenvalue weighted by atomic mass is 32.2. The molecule has 0 radical (unpaired) electrons. The maximum atomic E-state index is 12.7. The second kappa shape index (κ2) is 6.39. The van der Waals surface area contributed by atoms with Gasteiger partial charge in [-0.1, -0.05) is 0 Å². The van der Waals surface area contributed by atoms with Crippen LogP contribution in [0.1, 0.15) is 19.8 Å². The first-order valence-electron chi connectivity index (χ1n) is 6.48. The number of amides is 1. The zero-order valence-corrected chi connectivity index (χ0v) is 11.9. The number of rotatable bonds is 5. The minimum absolute atomic E-state index is 0.0989. The third-order valence-corrected chi connectivity index (χ3v) is 4.75. The Hall–Kier alpha value is -1.07. The van der Waals surface area contributed by atoms with Crippen molar-refractivity contribution < 1.29 is 9.18 Å². The Morgan fingerprint density at radius 1 is 1.42 bits per heavy atom. The third-order valence-electron chi connectivity index (χ3n) is 3.21. The molecule has 1 aromatic carbocycles. The number of nitrogens with one attached hydrogen (secondary N) is 2. The van der Waals surface area contributed by atoms with Gasteiger partial charge in [-0.25, -0.2) is 4.39 Å². The molecule has 1 aromatic rings. The van der Waals surface area contributed by atoms with Crippen molar-refractivity contribution in [3.8, 4) is 0 Å². The largest absolute Gasteiger partial charge is 0.325 e. The Kier molecular flexibility index (Phi) is 4.82. The van der Waals surface area contributed by atoms with E-state index in [-0.39, 0.29) is 23.0 Å². The van der Waals surface area contributed by atoms with Crippen LogP contribution in [0.2, 0.25) is 0 Å². The van der Waals surface area contributed by atoms with Crippen molar-refractivity contribution in [2.75, 3.05) is 24.2 Å². The van der Waals surface area contributed by atoms with Gasteiger partial charge in [0.1, 0.15) is 5.82 Å². The number of anilines is 1. The predicted octanol–water partition coefficient (Wildman–Crippen LogP) is 2.64. The summed E-state index contributed by atoms with van der Waals surface area (Å²) < 4.78 is 13.0. The summed E-state index contributed by atoms with van der Waals surface area (Å²) in [5.41, 5.74) is 0.620. The molecule has 1 heterocycles. The van der Waals surface area contributed by atoms with Crippen molar-refractivity contribution in [3.05, 3.63) is 30.1 Å². The number of hydrogen-bond acceptors (Lipinski definition) is 3. The minimum Gasteiger partial charge on any atom is -0.325 e. The SMILES string of the molecule is CC1(CNCC(=O)Nc2ccc(F)cc2)CCCS1. The molecule has 2 N–H and O–H groups in total. The first-order valence-corrected chi connectivity index (χ1v) is 7.46. The molecule has 3 nitrogen and oxygen atoms in total. The average Bonchev–Trinajstić information content (AvgIpc) is 2.79. The van der Waals surface area contributed by atoms with Crippen LogP contribution in [-0.2, 0) is 4.79 Å². The van der Waals surface area contributed by atoms with Gasteiger partial charge >= 0.3 is 0 Å². The molecule has 1 unspecified atom stereocenters. The van der Waals surface area contributed by atoms with Crippen LogP contribution in [0.25, 0.3) is 0 Å². The van der Waals surface area contributed by atoms with Crippen LogP contribution in [0.15, 0.2) is 24.3 Å². The van der Waals surface area contributed by atoms with Crippen LogP contribution in [0.3, 0.4) is 0 Å². The van der Waals surface area contributed by atoms with E-state index in [0.717, 1.165) is 6.54 Å². The summed E-state index contributed by atoms with van der Waals surface area (Å²) in [6.07, 6.45) is 2.45. The molecule has 104 valence electrons. The standard InChI is InChI=1S/C14H19FN2OS/c1-14(7-2-8-19-14)10-16-9-13(18)17-12-5-3-11(15)4-6-12/h3-6,16H,2,7-10H2,1H3,(H,17,18). The molecule has 0 aliphatic carbocycles. The smallest absolute Gasteiger partial charge is 0.238 e. The van der Waals surface area contributed by atoms with E-state index in [1.807, 2.05) is 11.8 Å². The van der Waals surface area contributed by atoms with E-state index in [9.17, 15) is 9.18 Å². The zero-order chi connectivity index (χ0) is 13.7. The van der Waals surface area contributed by atoms with Crippen molar-refractivity contribution in [2.24, 2.45) is 0 Å². The lowest BCUT2D eigenvalue weighted by atomic mass is 10.1. The van der Waals surface area contributed by atoms with Crippen molar-refractivity contribution in [1.82, 2.24) is 5.32 Å². The second-order valence-corrected chi connectivity index (χ2v) is 6.74. The number of hydrogen-bond donors (Lipinski definition) is 2. The Morgan fingerprint density at radius 2 is 2.16 bits per heavy atom. The summed E-state index contributed by atoms with van der Waals surface area (Å²) in [6, 6.07) is 5.78. The molecule has 0 aromatic heterocycles. The molecule has 5 heteroatoms. The summed E-state index contributed by atoms with van der Waals surface area (Å²) >= 11 is 1.97. The van der Waals surface area contributed by atoms with E-state index in [0.29, 0.717) is 5.69 Å². The fourth-order valence-electron chi connectivity index (χ4n) is 2.16. The quantitative estimate of drug-likeness (QED) is 0.872. The summed E-state index contributed by atoms with van der Waals surface area (Å²) in [5, 5.41) is 5.92. The van der Waals surface area contributed by atoms with Crippen molar-refractivity contribution >= 4 is 23.4 Å². The van der Waals surface area contributed by atoms with Gasteiger partial charge in [-0.05, 0) is 49.8 Å². The lowest BCUT2D eigenvalue weighted by Gasteiger charge is -2.22. The van der Waals surface area contributed by atoms with E-state index >= 15 is 0 Å². The van der Waals surface area contributed by atoms with E-state index in [2.05, 4.69) is 17.6 Å². The third kappa shape index (κ3) is 4.51. The number of halogens is 1. The van der Waals surface area contributed by atoms with Crippen LogP contribution in [-0.4, -0.2) is 29.5 Å². The molecule has 1 aliphatic rings. The Bertz CT molecular complexity index is 430. The monoisotopic (exact) mass is 282 g/mol. The molecule has 1 atom stereocenters. The van der Waals surface area contributed by atoms with Gasteiger partial charge in [-0.2, -0.15) is 11.8 Å². The molecule has 1 saturated heterocycles. The fourth-order valence-corrected chi connectivity index (χ4v) is 3.43. The van der Waals surface area contributed by atoms with Gasteiger partial charge in [0, 0.05) is 17.0 Å². The normalized spacial score (nSPS) is 22.4. The first-order chi connectivity index (χ1) is 9.07. The lowest BCUT2D eigenvalue weighted by Crippen LogP contribution is -2.37. The average molecular weight is 282 g/mol. The number of benzene rings is 1. The Labute approximate surface area is 117 Å². The molecular weight excluding hydrogens is 263 g/mol. The van der Waals surface area contributed by atoms with Crippen LogP contribution in [0.5, 0.6) is 0 Å². The lowest BCUT2D eigenvalue weighted by molar-refractivity contribution is -0.115. The van der Waals surface area contributed by atoms with Crippen molar-refractivity contribution in [2.45, 2.75) is 24.5 Å². The van der Waals surface area contributed by atoms with Crippen molar-refractivity contribution in [1.29, 1.82) is 0 Å². The summed E-state index contributed by atoms with van der Waals surface area (Å²) in [7, 11) is 0.